The van der Waals surface area contributed by atoms with Crippen LogP contribution in [-0.4, -0.2) is 28.0 Å². The highest BCUT2D eigenvalue weighted by Gasteiger charge is 2.09. The van der Waals surface area contributed by atoms with Gasteiger partial charge in [0.05, 0.1) is 17.6 Å². The predicted octanol–water partition coefficient (Wildman–Crippen LogP) is 2.32. The number of hydrogen-bond donors (Lipinski definition) is 1. The first kappa shape index (κ1) is 9.60. The molecule has 1 aliphatic heterocycles. The fourth-order valence-corrected chi connectivity index (χ4v) is 2.13. The van der Waals surface area contributed by atoms with Crippen LogP contribution in [0.1, 0.15) is 12.2 Å². The Morgan fingerprint density at radius 1 is 1.25 bits per heavy atom. The van der Waals surface area contributed by atoms with Gasteiger partial charge in [-0.1, -0.05) is 24.3 Å². The van der Waals surface area contributed by atoms with Crippen molar-refractivity contribution in [3.63, 3.8) is 0 Å². The monoisotopic (exact) mass is 213 g/mol. The smallest absolute Gasteiger partial charge is 0.121 e. The number of rotatable bonds is 2. The summed E-state index contributed by atoms with van der Waals surface area (Å²) in [5.74, 6) is 1.07. The molecule has 1 aromatic heterocycles. The van der Waals surface area contributed by atoms with E-state index in [4.69, 9.17) is 0 Å². The number of imidazole rings is 1. The molecule has 1 aliphatic rings. The van der Waals surface area contributed by atoms with Gasteiger partial charge in [0.25, 0.3) is 0 Å². The average molecular weight is 213 g/mol. The minimum absolute atomic E-state index is 0.916. The summed E-state index contributed by atoms with van der Waals surface area (Å²) in [7, 11) is 0. The molecule has 1 aromatic carbocycles. The van der Waals surface area contributed by atoms with Gasteiger partial charge < -0.3 is 4.98 Å². The Labute approximate surface area is 94.8 Å². The molecule has 0 aliphatic carbocycles. The van der Waals surface area contributed by atoms with Gasteiger partial charge in [0, 0.05) is 13.1 Å². The first-order chi connectivity index (χ1) is 7.92. The Kier molecular flexibility index (Phi) is 2.46. The van der Waals surface area contributed by atoms with Crippen LogP contribution < -0.4 is 0 Å². The maximum Gasteiger partial charge on any atom is 0.121 e. The Balaban J connectivity index is 1.81. The van der Waals surface area contributed by atoms with Crippen molar-refractivity contribution >= 4 is 11.0 Å². The van der Waals surface area contributed by atoms with Crippen LogP contribution in [0.2, 0.25) is 0 Å². The molecule has 3 heteroatoms. The van der Waals surface area contributed by atoms with Gasteiger partial charge in [-0.05, 0) is 18.6 Å². The molecule has 3 nitrogen and oxygen atoms in total. The molecule has 82 valence electrons. The van der Waals surface area contributed by atoms with Gasteiger partial charge in [-0.15, -0.1) is 0 Å². The van der Waals surface area contributed by atoms with Gasteiger partial charge >= 0.3 is 0 Å². The highest BCUT2D eigenvalue weighted by molar-refractivity contribution is 5.74. The van der Waals surface area contributed by atoms with Crippen molar-refractivity contribution in [2.75, 3.05) is 13.1 Å². The highest BCUT2D eigenvalue weighted by Crippen LogP contribution is 2.12. The zero-order chi connectivity index (χ0) is 10.8. The van der Waals surface area contributed by atoms with E-state index in [1.54, 1.807) is 0 Å². The summed E-state index contributed by atoms with van der Waals surface area (Å²) in [4.78, 5) is 10.4. The summed E-state index contributed by atoms with van der Waals surface area (Å²) in [5.41, 5.74) is 2.19. The molecule has 0 radical (unpaired) electrons. The summed E-state index contributed by atoms with van der Waals surface area (Å²) in [6, 6.07) is 8.18. The van der Waals surface area contributed by atoms with E-state index in [9.17, 15) is 0 Å². The van der Waals surface area contributed by atoms with Crippen LogP contribution >= 0.6 is 0 Å². The van der Waals surface area contributed by atoms with E-state index >= 15 is 0 Å². The molecule has 0 fully saturated rings. The molecule has 0 saturated carbocycles. The Bertz CT molecular complexity index is 480. The second-order valence-corrected chi connectivity index (χ2v) is 4.20. The number of fused-ring (bicyclic) bond motifs is 1. The molecule has 3 rings (SSSR count). The molecule has 0 saturated heterocycles. The molecule has 2 heterocycles. The average Bonchev–Trinajstić information content (AvgIpc) is 2.72. The highest BCUT2D eigenvalue weighted by atomic mass is 15.1. The van der Waals surface area contributed by atoms with Gasteiger partial charge in [0.2, 0.25) is 0 Å². The number of nitrogens with zero attached hydrogens (tertiary/aromatic N) is 2. The van der Waals surface area contributed by atoms with Crippen molar-refractivity contribution in [2.24, 2.45) is 0 Å². The number of aromatic amines is 1. The standard InChI is InChI=1S/C13H15N3/c1-4-8-16(9-5-1)10-13-14-11-6-2-3-7-12(11)15-13/h1-4,6-7H,5,8-10H2,(H,14,15). The van der Waals surface area contributed by atoms with Crippen LogP contribution in [0.15, 0.2) is 36.4 Å². The lowest BCUT2D eigenvalue weighted by atomic mass is 10.2. The van der Waals surface area contributed by atoms with Crippen molar-refractivity contribution in [3.05, 3.63) is 42.2 Å². The zero-order valence-corrected chi connectivity index (χ0v) is 9.19. The van der Waals surface area contributed by atoms with Gasteiger partial charge in [-0.2, -0.15) is 0 Å². The molecule has 0 unspecified atom stereocenters. The topological polar surface area (TPSA) is 31.9 Å². The predicted molar refractivity (Wildman–Crippen MR) is 65.1 cm³/mol. The Hall–Kier alpha value is -1.61. The van der Waals surface area contributed by atoms with Crippen LogP contribution in [0, 0.1) is 0 Å². The second kappa shape index (κ2) is 4.10. The summed E-state index contributed by atoms with van der Waals surface area (Å²) >= 11 is 0. The Morgan fingerprint density at radius 2 is 2.19 bits per heavy atom. The number of hydrogen-bond acceptors (Lipinski definition) is 2. The summed E-state index contributed by atoms with van der Waals surface area (Å²) in [6.07, 6.45) is 5.63. The van der Waals surface area contributed by atoms with Gasteiger partial charge in [0.1, 0.15) is 5.82 Å². The van der Waals surface area contributed by atoms with Crippen LogP contribution in [0.25, 0.3) is 11.0 Å². The number of aromatic nitrogens is 2. The molecule has 1 N–H and O–H groups in total. The molecule has 16 heavy (non-hydrogen) atoms. The van der Waals surface area contributed by atoms with Crippen LogP contribution in [0.5, 0.6) is 0 Å². The van der Waals surface area contributed by atoms with E-state index in [-0.39, 0.29) is 0 Å². The van der Waals surface area contributed by atoms with Crippen molar-refractivity contribution in [2.45, 2.75) is 13.0 Å². The Morgan fingerprint density at radius 3 is 3.00 bits per heavy atom. The minimum Gasteiger partial charge on any atom is -0.341 e. The number of benzene rings is 1. The van der Waals surface area contributed by atoms with Crippen LogP contribution in [0.4, 0.5) is 0 Å². The molecule has 0 bridgehead atoms. The molecule has 0 atom stereocenters. The van der Waals surface area contributed by atoms with E-state index in [1.807, 2.05) is 18.2 Å². The van der Waals surface area contributed by atoms with Crippen molar-refractivity contribution in [3.8, 4) is 0 Å². The maximum atomic E-state index is 4.59. The largest absolute Gasteiger partial charge is 0.341 e. The third-order valence-corrected chi connectivity index (χ3v) is 2.95. The molecule has 2 aromatic rings. The normalized spacial score (nSPS) is 17.0. The molecule has 0 spiro atoms. The molecular weight excluding hydrogens is 198 g/mol. The zero-order valence-electron chi connectivity index (χ0n) is 9.19. The van der Waals surface area contributed by atoms with Crippen LogP contribution in [-0.2, 0) is 6.54 Å². The quantitative estimate of drug-likeness (QED) is 0.776. The second-order valence-electron chi connectivity index (χ2n) is 4.20. The summed E-state index contributed by atoms with van der Waals surface area (Å²) in [5, 5.41) is 0. The van der Waals surface area contributed by atoms with Crippen LogP contribution in [0.3, 0.4) is 0 Å². The number of H-pyrrole nitrogens is 1. The van der Waals surface area contributed by atoms with Crippen molar-refractivity contribution in [1.82, 2.24) is 14.9 Å². The number of nitrogens with one attached hydrogen (secondary N) is 1. The minimum atomic E-state index is 0.916. The third kappa shape index (κ3) is 1.86. The SMILES string of the molecule is C1=CCN(Cc2nc3ccccc3[nH]2)CC1. The van der Waals surface area contributed by atoms with E-state index in [1.165, 1.54) is 0 Å². The van der Waals surface area contributed by atoms with Crippen molar-refractivity contribution < 1.29 is 0 Å². The van der Waals surface area contributed by atoms with E-state index < -0.39 is 0 Å². The van der Waals surface area contributed by atoms with E-state index in [0.29, 0.717) is 0 Å². The van der Waals surface area contributed by atoms with Gasteiger partial charge in [0.15, 0.2) is 0 Å². The molecule has 0 amide bonds. The summed E-state index contributed by atoms with van der Waals surface area (Å²) < 4.78 is 0. The molecular formula is C13H15N3. The maximum absolute atomic E-state index is 4.59. The number of para-hydroxylation sites is 2. The van der Waals surface area contributed by atoms with Crippen molar-refractivity contribution in [1.29, 1.82) is 0 Å². The van der Waals surface area contributed by atoms with Gasteiger partial charge in [-0.3, -0.25) is 4.90 Å². The van der Waals surface area contributed by atoms with E-state index in [2.05, 4.69) is 33.1 Å². The first-order valence-corrected chi connectivity index (χ1v) is 5.73. The lowest BCUT2D eigenvalue weighted by Crippen LogP contribution is -2.27. The third-order valence-electron chi connectivity index (χ3n) is 2.95. The van der Waals surface area contributed by atoms with E-state index in [0.717, 1.165) is 42.9 Å². The lowest BCUT2D eigenvalue weighted by molar-refractivity contribution is 0.284. The fraction of sp³-hybridized carbons (Fsp3) is 0.308. The summed E-state index contributed by atoms with van der Waals surface area (Å²) in [6.45, 7) is 3.09. The fourth-order valence-electron chi connectivity index (χ4n) is 2.13. The lowest BCUT2D eigenvalue weighted by Gasteiger charge is -2.21. The van der Waals surface area contributed by atoms with Gasteiger partial charge in [-0.25, -0.2) is 4.98 Å². The first-order valence-electron chi connectivity index (χ1n) is 5.73.